The van der Waals surface area contributed by atoms with Crippen LogP contribution in [0.15, 0.2) is 24.4 Å². The standard InChI is InChI=1S/C16H21N3O2/c20-11-16(6-2-1-3-7-16)10-17-15(21)12-4-5-14-13(8-12)9-18-19-14/h4-5,8-9,20H,1-3,6-7,10-11H2,(H,17,21)(H,18,19). The molecule has 2 aromatic rings. The van der Waals surface area contributed by atoms with Crippen LogP contribution >= 0.6 is 0 Å². The third-order valence-electron chi connectivity index (χ3n) is 4.58. The molecule has 0 bridgehead atoms. The molecule has 1 aliphatic rings. The smallest absolute Gasteiger partial charge is 0.251 e. The lowest BCUT2D eigenvalue weighted by atomic mass is 9.74. The normalized spacial score (nSPS) is 17.8. The Morgan fingerprint density at radius 3 is 2.90 bits per heavy atom. The van der Waals surface area contributed by atoms with Crippen molar-refractivity contribution < 1.29 is 9.90 Å². The summed E-state index contributed by atoms with van der Waals surface area (Å²) in [5, 5.41) is 20.4. The van der Waals surface area contributed by atoms with E-state index < -0.39 is 0 Å². The molecule has 0 saturated heterocycles. The summed E-state index contributed by atoms with van der Waals surface area (Å²) in [5.41, 5.74) is 1.42. The maximum atomic E-state index is 12.3. The van der Waals surface area contributed by atoms with Gasteiger partial charge in [-0.25, -0.2) is 0 Å². The number of carbonyl (C=O) groups is 1. The number of fused-ring (bicyclic) bond motifs is 1. The van der Waals surface area contributed by atoms with Gasteiger partial charge in [-0.3, -0.25) is 9.89 Å². The molecule has 1 aliphatic carbocycles. The molecule has 112 valence electrons. The first kappa shape index (κ1) is 14.1. The zero-order valence-corrected chi connectivity index (χ0v) is 12.1. The molecule has 3 N–H and O–H groups in total. The van der Waals surface area contributed by atoms with Gasteiger partial charge in [-0.05, 0) is 31.0 Å². The molecule has 0 spiro atoms. The van der Waals surface area contributed by atoms with Crippen molar-refractivity contribution >= 4 is 16.8 Å². The Kier molecular flexibility index (Phi) is 3.92. The number of rotatable bonds is 4. The predicted molar refractivity (Wildman–Crippen MR) is 81.0 cm³/mol. The Labute approximate surface area is 123 Å². The summed E-state index contributed by atoms with van der Waals surface area (Å²) in [6.45, 7) is 0.694. The highest BCUT2D eigenvalue weighted by Gasteiger charge is 2.31. The lowest BCUT2D eigenvalue weighted by molar-refractivity contribution is 0.0718. The van der Waals surface area contributed by atoms with Crippen molar-refractivity contribution in [2.75, 3.05) is 13.2 Å². The van der Waals surface area contributed by atoms with Gasteiger partial charge in [-0.1, -0.05) is 19.3 Å². The van der Waals surface area contributed by atoms with Crippen molar-refractivity contribution in [3.63, 3.8) is 0 Å². The van der Waals surface area contributed by atoms with E-state index in [2.05, 4.69) is 15.5 Å². The van der Waals surface area contributed by atoms with Gasteiger partial charge >= 0.3 is 0 Å². The van der Waals surface area contributed by atoms with Crippen LogP contribution in [0.5, 0.6) is 0 Å². The van der Waals surface area contributed by atoms with E-state index in [1.807, 2.05) is 12.1 Å². The van der Waals surface area contributed by atoms with Crippen LogP contribution in [0.4, 0.5) is 0 Å². The molecule has 1 heterocycles. The van der Waals surface area contributed by atoms with Crippen molar-refractivity contribution in [2.45, 2.75) is 32.1 Å². The number of benzene rings is 1. The van der Waals surface area contributed by atoms with Crippen LogP contribution in [0, 0.1) is 5.41 Å². The fourth-order valence-corrected chi connectivity index (χ4v) is 3.15. The van der Waals surface area contributed by atoms with Gasteiger partial charge in [0, 0.05) is 22.9 Å². The maximum absolute atomic E-state index is 12.3. The average molecular weight is 287 g/mol. The summed E-state index contributed by atoms with van der Waals surface area (Å²) in [4.78, 5) is 12.3. The monoisotopic (exact) mass is 287 g/mol. The molecule has 1 aromatic carbocycles. The second-order valence-electron chi connectivity index (χ2n) is 6.07. The van der Waals surface area contributed by atoms with Gasteiger partial charge < -0.3 is 10.4 Å². The second-order valence-corrected chi connectivity index (χ2v) is 6.07. The summed E-state index contributed by atoms with van der Waals surface area (Å²) < 4.78 is 0. The Balaban J connectivity index is 1.67. The highest BCUT2D eigenvalue weighted by Crippen LogP contribution is 2.35. The van der Waals surface area contributed by atoms with Crippen molar-refractivity contribution in [3.05, 3.63) is 30.0 Å². The largest absolute Gasteiger partial charge is 0.396 e. The minimum absolute atomic E-state index is 0.0866. The molecule has 5 heteroatoms. The van der Waals surface area contributed by atoms with Crippen molar-refractivity contribution in [1.82, 2.24) is 15.5 Å². The fraction of sp³-hybridized carbons (Fsp3) is 0.500. The molecule has 0 atom stereocenters. The number of nitrogens with one attached hydrogen (secondary N) is 2. The van der Waals surface area contributed by atoms with Gasteiger partial charge in [0.1, 0.15) is 0 Å². The lowest BCUT2D eigenvalue weighted by Crippen LogP contribution is -2.41. The number of hydrogen-bond acceptors (Lipinski definition) is 3. The number of nitrogens with zero attached hydrogens (tertiary/aromatic N) is 1. The topological polar surface area (TPSA) is 78.0 Å². The predicted octanol–water partition coefficient (Wildman–Crippen LogP) is 2.24. The Hall–Kier alpha value is -1.88. The van der Waals surface area contributed by atoms with Crippen LogP contribution in [-0.2, 0) is 0 Å². The number of amides is 1. The van der Waals surface area contributed by atoms with Crippen LogP contribution in [0.3, 0.4) is 0 Å². The molecule has 1 amide bonds. The van der Waals surface area contributed by atoms with Crippen molar-refractivity contribution in [2.24, 2.45) is 5.41 Å². The molecule has 0 aliphatic heterocycles. The van der Waals surface area contributed by atoms with Crippen LogP contribution in [0.1, 0.15) is 42.5 Å². The Bertz CT molecular complexity index is 629. The highest BCUT2D eigenvalue weighted by molar-refractivity contribution is 5.97. The molecule has 3 rings (SSSR count). The van der Waals surface area contributed by atoms with Crippen molar-refractivity contribution in [3.8, 4) is 0 Å². The van der Waals surface area contributed by atoms with Gasteiger partial charge in [0.05, 0.1) is 18.3 Å². The Morgan fingerprint density at radius 1 is 1.33 bits per heavy atom. The van der Waals surface area contributed by atoms with E-state index >= 15 is 0 Å². The average Bonchev–Trinajstić information content (AvgIpc) is 3.01. The van der Waals surface area contributed by atoms with E-state index in [1.165, 1.54) is 6.42 Å². The minimum Gasteiger partial charge on any atom is -0.396 e. The van der Waals surface area contributed by atoms with E-state index in [0.717, 1.165) is 36.6 Å². The number of aromatic amines is 1. The van der Waals surface area contributed by atoms with E-state index in [0.29, 0.717) is 12.1 Å². The third kappa shape index (κ3) is 2.93. The first-order valence-electron chi connectivity index (χ1n) is 7.55. The molecule has 5 nitrogen and oxygen atoms in total. The third-order valence-corrected chi connectivity index (χ3v) is 4.58. The summed E-state index contributed by atoms with van der Waals surface area (Å²) in [6, 6.07) is 5.49. The molecular weight excluding hydrogens is 266 g/mol. The highest BCUT2D eigenvalue weighted by atomic mass is 16.3. The van der Waals surface area contributed by atoms with Gasteiger partial charge in [-0.2, -0.15) is 5.10 Å². The maximum Gasteiger partial charge on any atom is 0.251 e. The zero-order valence-electron chi connectivity index (χ0n) is 12.1. The minimum atomic E-state index is -0.131. The van der Waals surface area contributed by atoms with Gasteiger partial charge in [-0.15, -0.1) is 0 Å². The van der Waals surface area contributed by atoms with Gasteiger partial charge in [0.2, 0.25) is 0 Å². The quantitative estimate of drug-likeness (QED) is 0.807. The van der Waals surface area contributed by atoms with Crippen LogP contribution < -0.4 is 5.32 Å². The van der Waals surface area contributed by atoms with Crippen LogP contribution in [0.25, 0.3) is 10.9 Å². The first-order valence-corrected chi connectivity index (χ1v) is 7.55. The number of hydrogen-bond donors (Lipinski definition) is 3. The van der Waals surface area contributed by atoms with Crippen LogP contribution in [0.2, 0.25) is 0 Å². The number of aromatic nitrogens is 2. The molecule has 0 unspecified atom stereocenters. The summed E-state index contributed by atoms with van der Waals surface area (Å²) in [6.07, 6.45) is 7.19. The number of H-pyrrole nitrogens is 1. The SMILES string of the molecule is O=C(NCC1(CO)CCCCC1)c1ccc2[nH]ncc2c1. The number of carbonyl (C=O) groups excluding carboxylic acids is 1. The van der Waals surface area contributed by atoms with Gasteiger partial charge in [0.25, 0.3) is 5.91 Å². The zero-order chi connectivity index (χ0) is 14.7. The summed E-state index contributed by atoms with van der Waals surface area (Å²) in [5.74, 6) is -0.0866. The lowest BCUT2D eigenvalue weighted by Gasteiger charge is -2.35. The molecular formula is C16H21N3O2. The van der Waals surface area contributed by atoms with E-state index in [4.69, 9.17) is 0 Å². The van der Waals surface area contributed by atoms with E-state index in [-0.39, 0.29) is 17.9 Å². The van der Waals surface area contributed by atoms with Gasteiger partial charge in [0.15, 0.2) is 0 Å². The number of aliphatic hydroxyl groups excluding tert-OH is 1. The van der Waals surface area contributed by atoms with Crippen molar-refractivity contribution in [1.29, 1.82) is 0 Å². The second kappa shape index (κ2) is 5.85. The molecule has 0 radical (unpaired) electrons. The fourth-order valence-electron chi connectivity index (χ4n) is 3.15. The molecule has 21 heavy (non-hydrogen) atoms. The van der Waals surface area contributed by atoms with Crippen LogP contribution in [-0.4, -0.2) is 34.4 Å². The van der Waals surface area contributed by atoms with E-state index in [9.17, 15) is 9.90 Å². The molecule has 1 aromatic heterocycles. The van der Waals surface area contributed by atoms with E-state index in [1.54, 1.807) is 12.3 Å². The summed E-state index contributed by atoms with van der Waals surface area (Å²) in [7, 11) is 0. The Morgan fingerprint density at radius 2 is 2.14 bits per heavy atom. The summed E-state index contributed by atoms with van der Waals surface area (Å²) >= 11 is 0. The first-order chi connectivity index (χ1) is 10.2. The number of aliphatic hydroxyl groups is 1. The molecule has 1 saturated carbocycles. The molecule has 1 fully saturated rings.